The maximum Gasteiger partial charge on any atom is 0.269 e. The van der Waals surface area contributed by atoms with Crippen molar-refractivity contribution >= 4 is 5.91 Å². The van der Waals surface area contributed by atoms with Crippen molar-refractivity contribution in [1.82, 2.24) is 15.3 Å². The molecular weight excluding hydrogens is 170 g/mol. The van der Waals surface area contributed by atoms with Gasteiger partial charge in [-0.3, -0.25) is 4.79 Å². The van der Waals surface area contributed by atoms with Gasteiger partial charge in [0, 0.05) is 6.54 Å². The van der Waals surface area contributed by atoms with Gasteiger partial charge in [-0.1, -0.05) is 0 Å². The summed E-state index contributed by atoms with van der Waals surface area (Å²) in [7, 11) is 0. The van der Waals surface area contributed by atoms with E-state index in [0.29, 0.717) is 5.69 Å². The van der Waals surface area contributed by atoms with Crippen LogP contribution >= 0.6 is 0 Å². The number of hydrogen-bond donors (Lipinski definition) is 3. The Bertz CT molecular complexity index is 274. The number of imidazole rings is 1. The fourth-order valence-electron chi connectivity index (χ4n) is 0.772. The summed E-state index contributed by atoms with van der Waals surface area (Å²) < 4.78 is 0. The Balaban J connectivity index is 2.44. The van der Waals surface area contributed by atoms with Crippen molar-refractivity contribution in [3.63, 3.8) is 0 Å². The van der Waals surface area contributed by atoms with Gasteiger partial charge in [0.05, 0.1) is 18.1 Å². The van der Waals surface area contributed by atoms with E-state index in [1.54, 1.807) is 13.8 Å². The van der Waals surface area contributed by atoms with E-state index in [-0.39, 0.29) is 12.5 Å². The van der Waals surface area contributed by atoms with Crippen LogP contribution in [-0.2, 0) is 0 Å². The number of nitrogens with zero attached hydrogens (tertiary/aromatic N) is 1. The van der Waals surface area contributed by atoms with Gasteiger partial charge in [-0.2, -0.15) is 0 Å². The van der Waals surface area contributed by atoms with Crippen molar-refractivity contribution in [2.45, 2.75) is 19.4 Å². The van der Waals surface area contributed by atoms with Gasteiger partial charge in [0.1, 0.15) is 5.69 Å². The number of aromatic amines is 1. The number of amides is 1. The highest BCUT2D eigenvalue weighted by molar-refractivity contribution is 5.91. The Morgan fingerprint density at radius 3 is 2.92 bits per heavy atom. The van der Waals surface area contributed by atoms with Crippen molar-refractivity contribution in [2.24, 2.45) is 0 Å². The second-order valence-electron chi connectivity index (χ2n) is 3.46. The Kier molecular flexibility index (Phi) is 2.67. The quantitative estimate of drug-likeness (QED) is 0.612. The SMILES string of the molecule is CC(C)(O)CNC(=O)c1cnc[nH]1. The molecule has 0 aliphatic heterocycles. The lowest BCUT2D eigenvalue weighted by atomic mass is 10.1. The molecule has 0 atom stereocenters. The number of carbonyl (C=O) groups excluding carboxylic acids is 1. The van der Waals surface area contributed by atoms with E-state index in [1.165, 1.54) is 12.5 Å². The molecule has 0 aliphatic rings. The molecule has 1 amide bonds. The van der Waals surface area contributed by atoms with E-state index in [4.69, 9.17) is 0 Å². The summed E-state index contributed by atoms with van der Waals surface area (Å²) >= 11 is 0. The first kappa shape index (κ1) is 9.73. The second kappa shape index (κ2) is 3.57. The highest BCUT2D eigenvalue weighted by Crippen LogP contribution is 1.98. The molecule has 0 aliphatic carbocycles. The zero-order valence-electron chi connectivity index (χ0n) is 7.66. The van der Waals surface area contributed by atoms with Gasteiger partial charge < -0.3 is 15.4 Å². The highest BCUT2D eigenvalue weighted by Gasteiger charge is 2.14. The third kappa shape index (κ3) is 3.25. The summed E-state index contributed by atoms with van der Waals surface area (Å²) in [6.45, 7) is 3.46. The van der Waals surface area contributed by atoms with Crippen LogP contribution in [0.15, 0.2) is 12.5 Å². The summed E-state index contributed by atoms with van der Waals surface area (Å²) in [5.74, 6) is -0.264. The van der Waals surface area contributed by atoms with Gasteiger partial charge in [0.15, 0.2) is 0 Å². The molecular formula is C8H13N3O2. The molecule has 5 heteroatoms. The fraction of sp³-hybridized carbons (Fsp3) is 0.500. The molecule has 0 radical (unpaired) electrons. The zero-order chi connectivity index (χ0) is 9.90. The number of nitrogens with one attached hydrogen (secondary N) is 2. The molecule has 0 fully saturated rings. The van der Waals surface area contributed by atoms with E-state index in [9.17, 15) is 9.90 Å². The van der Waals surface area contributed by atoms with Crippen LogP contribution in [0.5, 0.6) is 0 Å². The zero-order valence-corrected chi connectivity index (χ0v) is 7.66. The number of aliphatic hydroxyl groups is 1. The fourth-order valence-corrected chi connectivity index (χ4v) is 0.772. The van der Waals surface area contributed by atoms with Crippen LogP contribution in [0.25, 0.3) is 0 Å². The number of aromatic nitrogens is 2. The molecule has 0 spiro atoms. The molecule has 1 aromatic heterocycles. The van der Waals surface area contributed by atoms with Crippen LogP contribution in [0, 0.1) is 0 Å². The summed E-state index contributed by atoms with van der Waals surface area (Å²) in [5, 5.41) is 11.9. The Morgan fingerprint density at radius 1 is 1.77 bits per heavy atom. The lowest BCUT2D eigenvalue weighted by molar-refractivity contribution is 0.0692. The van der Waals surface area contributed by atoms with E-state index >= 15 is 0 Å². The molecule has 0 saturated carbocycles. The molecule has 1 rings (SSSR count). The minimum atomic E-state index is -0.893. The standard InChI is InChI=1S/C8H13N3O2/c1-8(2,13)4-10-7(12)6-3-9-5-11-6/h3,5,13H,4H2,1-2H3,(H,9,11)(H,10,12). The van der Waals surface area contributed by atoms with Gasteiger partial charge in [-0.15, -0.1) is 0 Å². The van der Waals surface area contributed by atoms with E-state index in [1.807, 2.05) is 0 Å². The smallest absolute Gasteiger partial charge is 0.269 e. The first-order chi connectivity index (χ1) is 5.99. The predicted molar refractivity (Wildman–Crippen MR) is 47.2 cm³/mol. The number of hydrogen-bond acceptors (Lipinski definition) is 3. The highest BCUT2D eigenvalue weighted by atomic mass is 16.3. The average molecular weight is 183 g/mol. The summed E-state index contributed by atoms with van der Waals surface area (Å²) in [4.78, 5) is 17.6. The molecule has 3 N–H and O–H groups in total. The lowest BCUT2D eigenvalue weighted by Crippen LogP contribution is -2.38. The van der Waals surface area contributed by atoms with Crippen LogP contribution in [0.4, 0.5) is 0 Å². The molecule has 72 valence electrons. The molecule has 1 heterocycles. The summed E-state index contributed by atoms with van der Waals surface area (Å²) in [6.07, 6.45) is 2.86. The minimum absolute atomic E-state index is 0.213. The Morgan fingerprint density at radius 2 is 2.46 bits per heavy atom. The van der Waals surface area contributed by atoms with Crippen LogP contribution in [0.1, 0.15) is 24.3 Å². The van der Waals surface area contributed by atoms with Crippen molar-refractivity contribution in [3.8, 4) is 0 Å². The largest absolute Gasteiger partial charge is 0.389 e. The van der Waals surface area contributed by atoms with Crippen LogP contribution in [0.3, 0.4) is 0 Å². The minimum Gasteiger partial charge on any atom is -0.389 e. The number of carbonyl (C=O) groups is 1. The van der Waals surface area contributed by atoms with Gasteiger partial charge in [-0.05, 0) is 13.8 Å². The van der Waals surface area contributed by atoms with Gasteiger partial charge >= 0.3 is 0 Å². The normalized spacial score (nSPS) is 11.3. The molecule has 1 aromatic rings. The molecule has 0 bridgehead atoms. The third-order valence-electron chi connectivity index (χ3n) is 1.42. The van der Waals surface area contributed by atoms with E-state index < -0.39 is 5.60 Å². The third-order valence-corrected chi connectivity index (χ3v) is 1.42. The molecule has 13 heavy (non-hydrogen) atoms. The number of rotatable bonds is 3. The average Bonchev–Trinajstić information content (AvgIpc) is 2.50. The van der Waals surface area contributed by atoms with Crippen molar-refractivity contribution in [3.05, 3.63) is 18.2 Å². The van der Waals surface area contributed by atoms with Crippen LogP contribution in [0.2, 0.25) is 0 Å². The summed E-state index contributed by atoms with van der Waals surface area (Å²) in [6, 6.07) is 0. The molecule has 0 aromatic carbocycles. The summed E-state index contributed by atoms with van der Waals surface area (Å²) in [5.41, 5.74) is -0.500. The van der Waals surface area contributed by atoms with Crippen molar-refractivity contribution in [1.29, 1.82) is 0 Å². The maximum absolute atomic E-state index is 11.3. The molecule has 0 saturated heterocycles. The second-order valence-corrected chi connectivity index (χ2v) is 3.46. The molecule has 0 unspecified atom stereocenters. The maximum atomic E-state index is 11.3. The van der Waals surface area contributed by atoms with E-state index in [2.05, 4.69) is 15.3 Å². The number of H-pyrrole nitrogens is 1. The first-order valence-electron chi connectivity index (χ1n) is 3.98. The van der Waals surface area contributed by atoms with Crippen LogP contribution in [-0.4, -0.2) is 33.1 Å². The molecule has 5 nitrogen and oxygen atoms in total. The van der Waals surface area contributed by atoms with Crippen LogP contribution < -0.4 is 5.32 Å². The van der Waals surface area contributed by atoms with Gasteiger partial charge in [0.2, 0.25) is 0 Å². The van der Waals surface area contributed by atoms with Gasteiger partial charge in [-0.25, -0.2) is 4.98 Å². The van der Waals surface area contributed by atoms with Gasteiger partial charge in [0.25, 0.3) is 5.91 Å². The Hall–Kier alpha value is -1.36. The van der Waals surface area contributed by atoms with Crippen molar-refractivity contribution < 1.29 is 9.90 Å². The van der Waals surface area contributed by atoms with Crippen molar-refractivity contribution in [2.75, 3.05) is 6.54 Å². The topological polar surface area (TPSA) is 78.0 Å². The monoisotopic (exact) mass is 183 g/mol. The lowest BCUT2D eigenvalue weighted by Gasteiger charge is -2.16. The Labute approximate surface area is 76.2 Å². The first-order valence-corrected chi connectivity index (χ1v) is 3.98. The van der Waals surface area contributed by atoms with E-state index in [0.717, 1.165) is 0 Å². The predicted octanol–water partition coefficient (Wildman–Crippen LogP) is -0.0896.